The zero-order valence-electron chi connectivity index (χ0n) is 9.91. The molecule has 0 saturated carbocycles. The molecule has 0 saturated heterocycles. The Morgan fingerprint density at radius 2 is 2.00 bits per heavy atom. The van der Waals surface area contributed by atoms with E-state index in [9.17, 15) is 9.36 Å². The number of hydrogen-bond acceptors (Lipinski definition) is 3. The van der Waals surface area contributed by atoms with Crippen molar-refractivity contribution in [3.05, 3.63) is 29.3 Å². The van der Waals surface area contributed by atoms with E-state index in [-0.39, 0.29) is 5.75 Å². The lowest BCUT2D eigenvalue weighted by molar-refractivity contribution is -0.135. The molecule has 1 rings (SSSR count). The Hall–Kier alpha value is -0.870. The average Bonchev–Trinajstić information content (AvgIpc) is 2.13. The molecule has 2 N–H and O–H groups in total. The summed E-state index contributed by atoms with van der Waals surface area (Å²) < 4.78 is 16.2. The van der Waals surface area contributed by atoms with Crippen molar-refractivity contribution in [2.45, 2.75) is 19.5 Å². The molecule has 0 fully saturated rings. The van der Waals surface area contributed by atoms with Crippen molar-refractivity contribution in [2.24, 2.45) is 5.92 Å². The zero-order chi connectivity index (χ0) is 13.9. The second-order valence-corrected chi connectivity index (χ2v) is 6.33. The molecule has 0 bridgehead atoms. The van der Waals surface area contributed by atoms with E-state index in [1.54, 1.807) is 26.0 Å². The van der Waals surface area contributed by atoms with Gasteiger partial charge in [0, 0.05) is 5.02 Å². The summed E-state index contributed by atoms with van der Waals surface area (Å²) in [5.41, 5.74) is -1.48. The first-order valence-corrected chi connectivity index (χ1v) is 7.30. The number of benzene rings is 1. The van der Waals surface area contributed by atoms with Gasteiger partial charge < -0.3 is 14.5 Å². The number of carbonyl (C=O) groups excluding carboxylic acids is 1. The molecule has 1 unspecified atom stereocenters. The van der Waals surface area contributed by atoms with Gasteiger partial charge in [-0.15, -0.1) is 0 Å². The fraction of sp³-hybridized carbons (Fsp3) is 0.364. The van der Waals surface area contributed by atoms with Crippen LogP contribution in [0, 0.1) is 5.92 Å². The second kappa shape index (κ2) is 5.85. The van der Waals surface area contributed by atoms with Crippen LogP contribution in [-0.2, 0) is 9.36 Å². The number of carbonyl (C=O) groups is 1. The van der Waals surface area contributed by atoms with Crippen molar-refractivity contribution in [3.63, 3.8) is 0 Å². The van der Waals surface area contributed by atoms with Crippen molar-refractivity contribution in [2.75, 3.05) is 0 Å². The molecule has 0 spiro atoms. The maximum absolute atomic E-state index is 11.8. The summed E-state index contributed by atoms with van der Waals surface area (Å²) in [7, 11) is -4.54. The maximum atomic E-state index is 11.8. The van der Waals surface area contributed by atoms with Crippen LogP contribution in [0.1, 0.15) is 13.8 Å². The van der Waals surface area contributed by atoms with Crippen LogP contribution in [-0.4, -0.2) is 21.4 Å². The molecule has 0 amide bonds. The van der Waals surface area contributed by atoms with Crippen LogP contribution in [0.15, 0.2) is 24.3 Å². The first-order valence-electron chi connectivity index (χ1n) is 5.24. The highest BCUT2D eigenvalue weighted by atomic mass is 35.5. The van der Waals surface area contributed by atoms with Crippen molar-refractivity contribution in [3.8, 4) is 5.75 Å². The summed E-state index contributed by atoms with van der Waals surface area (Å²) in [6.45, 7) is 3.09. The molecule has 0 aliphatic carbocycles. The van der Waals surface area contributed by atoms with Crippen LogP contribution in [0.4, 0.5) is 0 Å². The fourth-order valence-electron chi connectivity index (χ4n) is 1.50. The smallest absolute Gasteiger partial charge is 0.340 e. The molecule has 1 atom stereocenters. The van der Waals surface area contributed by atoms with E-state index in [2.05, 4.69) is 0 Å². The van der Waals surface area contributed by atoms with E-state index in [0.29, 0.717) is 5.02 Å². The summed E-state index contributed by atoms with van der Waals surface area (Å²) in [6, 6.07) is 6.06. The molecule has 0 radical (unpaired) electrons. The predicted molar refractivity (Wildman–Crippen MR) is 67.8 cm³/mol. The highest BCUT2D eigenvalue weighted by Crippen LogP contribution is 2.45. The van der Waals surface area contributed by atoms with Crippen LogP contribution >= 0.6 is 19.2 Å². The third-order valence-corrected chi connectivity index (χ3v) is 4.02. The van der Waals surface area contributed by atoms with Gasteiger partial charge >= 0.3 is 13.6 Å². The molecular formula is C11H14ClO5P. The molecule has 1 aromatic carbocycles. The molecule has 0 aliphatic heterocycles. The molecule has 5 nitrogen and oxygen atoms in total. The third kappa shape index (κ3) is 4.10. The number of hydrogen-bond donors (Lipinski definition) is 2. The number of halogens is 1. The molecule has 0 heterocycles. The Kier molecular flexibility index (Phi) is 4.93. The van der Waals surface area contributed by atoms with Crippen LogP contribution < -0.4 is 4.74 Å². The summed E-state index contributed by atoms with van der Waals surface area (Å²) >= 11 is 5.72. The topological polar surface area (TPSA) is 83.8 Å². The Labute approximate surface area is 110 Å². The Morgan fingerprint density at radius 1 is 1.39 bits per heavy atom. The number of esters is 1. The van der Waals surface area contributed by atoms with E-state index >= 15 is 0 Å². The zero-order valence-corrected chi connectivity index (χ0v) is 11.6. The largest absolute Gasteiger partial charge is 0.426 e. The first kappa shape index (κ1) is 15.2. The summed E-state index contributed by atoms with van der Waals surface area (Å²) in [5, 5.41) is 0.373. The van der Waals surface area contributed by atoms with E-state index in [4.69, 9.17) is 26.1 Å². The van der Waals surface area contributed by atoms with E-state index in [1.807, 2.05) is 0 Å². The Morgan fingerprint density at radius 3 is 2.44 bits per heavy atom. The van der Waals surface area contributed by atoms with Gasteiger partial charge in [-0.05, 0) is 24.1 Å². The minimum atomic E-state index is -4.54. The molecule has 100 valence electrons. The van der Waals surface area contributed by atoms with Gasteiger partial charge in [-0.2, -0.15) is 0 Å². The van der Waals surface area contributed by atoms with Crippen LogP contribution in [0.25, 0.3) is 0 Å². The Bertz CT molecular complexity index is 482. The van der Waals surface area contributed by atoms with E-state index in [1.165, 1.54) is 12.1 Å². The minimum Gasteiger partial charge on any atom is -0.426 e. The number of ether oxygens (including phenoxy) is 1. The van der Waals surface area contributed by atoms with Gasteiger partial charge in [0.05, 0.1) is 0 Å². The van der Waals surface area contributed by atoms with Crippen molar-refractivity contribution in [1.29, 1.82) is 0 Å². The lowest BCUT2D eigenvalue weighted by Crippen LogP contribution is -2.30. The van der Waals surface area contributed by atoms with Crippen LogP contribution in [0.5, 0.6) is 5.75 Å². The van der Waals surface area contributed by atoms with Gasteiger partial charge in [-0.3, -0.25) is 9.36 Å². The van der Waals surface area contributed by atoms with Gasteiger partial charge in [0.25, 0.3) is 0 Å². The van der Waals surface area contributed by atoms with Gasteiger partial charge in [0.2, 0.25) is 0 Å². The van der Waals surface area contributed by atoms with Gasteiger partial charge in [-0.25, -0.2) is 0 Å². The molecule has 7 heteroatoms. The van der Waals surface area contributed by atoms with Gasteiger partial charge in [-0.1, -0.05) is 31.5 Å². The van der Waals surface area contributed by atoms with Crippen molar-refractivity contribution >= 4 is 25.2 Å². The van der Waals surface area contributed by atoms with Crippen molar-refractivity contribution in [1.82, 2.24) is 0 Å². The van der Waals surface area contributed by atoms with Crippen molar-refractivity contribution < 1.29 is 23.9 Å². The fourth-order valence-corrected chi connectivity index (χ4v) is 2.79. The van der Waals surface area contributed by atoms with Crippen LogP contribution in [0.3, 0.4) is 0 Å². The third-order valence-electron chi connectivity index (χ3n) is 2.25. The highest BCUT2D eigenvalue weighted by Gasteiger charge is 2.39. The molecule has 0 aromatic heterocycles. The Balaban J connectivity index is 2.90. The summed E-state index contributed by atoms with van der Waals surface area (Å²) in [6.07, 6.45) is 0. The minimum absolute atomic E-state index is 0.159. The molecular weight excluding hydrogens is 279 g/mol. The average molecular weight is 293 g/mol. The maximum Gasteiger partial charge on any atom is 0.340 e. The van der Waals surface area contributed by atoms with Crippen LogP contribution in [0.2, 0.25) is 5.02 Å². The predicted octanol–water partition coefficient (Wildman–Crippen LogP) is 2.45. The second-order valence-electron chi connectivity index (χ2n) is 4.16. The molecule has 0 aliphatic rings. The normalized spacial score (nSPS) is 13.4. The lowest BCUT2D eigenvalue weighted by atomic mass is 10.1. The summed E-state index contributed by atoms with van der Waals surface area (Å²) in [4.78, 5) is 30.0. The van der Waals surface area contributed by atoms with E-state index in [0.717, 1.165) is 0 Å². The molecule has 1 aromatic rings. The standard InChI is InChI=1S/C11H14ClO5P/c1-7(2)10(18(14,15)16)11(13)17-9-5-3-4-8(12)6-9/h3-7,10H,1-2H3,(H2,14,15,16). The van der Waals surface area contributed by atoms with Gasteiger partial charge in [0.15, 0.2) is 5.66 Å². The SMILES string of the molecule is CC(C)C(C(=O)Oc1cccc(Cl)c1)P(=O)(O)O. The van der Waals surface area contributed by atoms with E-state index < -0.39 is 25.1 Å². The quantitative estimate of drug-likeness (QED) is 0.506. The lowest BCUT2D eigenvalue weighted by Gasteiger charge is -2.20. The summed E-state index contributed by atoms with van der Waals surface area (Å²) in [5.74, 6) is -1.33. The first-order chi connectivity index (χ1) is 8.21. The van der Waals surface area contributed by atoms with Gasteiger partial charge in [0.1, 0.15) is 5.75 Å². The number of rotatable bonds is 4. The molecule has 18 heavy (non-hydrogen) atoms. The monoisotopic (exact) mass is 292 g/mol. The highest BCUT2D eigenvalue weighted by molar-refractivity contribution is 7.53.